The van der Waals surface area contributed by atoms with Crippen molar-refractivity contribution >= 4 is 37.3 Å². The van der Waals surface area contributed by atoms with Gasteiger partial charge >= 0.3 is 0 Å². The molecule has 102 valence electrons. The molecule has 0 saturated carbocycles. The molecule has 4 nitrogen and oxygen atoms in total. The molecule has 0 radical (unpaired) electrons. The van der Waals surface area contributed by atoms with Crippen LogP contribution in [0.25, 0.3) is 0 Å². The minimum Gasteiger partial charge on any atom is -0.250 e. The molecular formula is C12H13BrN2O2S2. The molecule has 1 aromatic carbocycles. The molecule has 0 N–H and O–H groups in total. The zero-order valence-electron chi connectivity index (χ0n) is 10.5. The number of hydrogen-bond acceptors (Lipinski definition) is 4. The molecule has 0 bridgehead atoms. The number of nitrogens with zero attached hydrogens (tertiary/aromatic N) is 2. The molecule has 0 fully saturated rings. The lowest BCUT2D eigenvalue weighted by Gasteiger charge is -2.17. The van der Waals surface area contributed by atoms with E-state index in [2.05, 4.69) is 20.9 Å². The van der Waals surface area contributed by atoms with E-state index in [-0.39, 0.29) is 4.90 Å². The van der Waals surface area contributed by atoms with Gasteiger partial charge in [0.25, 0.3) is 0 Å². The summed E-state index contributed by atoms with van der Waals surface area (Å²) in [4.78, 5) is 5.36. The van der Waals surface area contributed by atoms with Crippen molar-refractivity contribution in [2.24, 2.45) is 0 Å². The van der Waals surface area contributed by atoms with Crippen molar-refractivity contribution in [2.45, 2.75) is 18.4 Å². The predicted octanol–water partition coefficient (Wildman–Crippen LogP) is 3.03. The fraction of sp³-hybridized carbons (Fsp3) is 0.250. The Morgan fingerprint density at radius 1 is 1.37 bits per heavy atom. The Morgan fingerprint density at radius 3 is 2.63 bits per heavy atom. The zero-order chi connectivity index (χ0) is 14.0. The number of rotatable bonds is 4. The highest BCUT2D eigenvalue weighted by atomic mass is 79.9. The van der Waals surface area contributed by atoms with E-state index in [4.69, 9.17) is 0 Å². The molecule has 19 heavy (non-hydrogen) atoms. The second-order valence-electron chi connectivity index (χ2n) is 4.05. The Bertz CT molecular complexity index is 683. The van der Waals surface area contributed by atoms with Gasteiger partial charge in [-0.05, 0) is 35.0 Å². The van der Waals surface area contributed by atoms with E-state index in [0.717, 1.165) is 10.6 Å². The molecular weight excluding hydrogens is 348 g/mol. The molecule has 0 aliphatic carbocycles. The summed E-state index contributed by atoms with van der Waals surface area (Å²) >= 11 is 4.74. The van der Waals surface area contributed by atoms with Crippen molar-refractivity contribution in [1.82, 2.24) is 9.29 Å². The lowest BCUT2D eigenvalue weighted by molar-refractivity contribution is 0.468. The van der Waals surface area contributed by atoms with Crippen LogP contribution in [0.3, 0.4) is 0 Å². The summed E-state index contributed by atoms with van der Waals surface area (Å²) in [5, 5.41) is 0. The van der Waals surface area contributed by atoms with E-state index in [1.165, 1.54) is 15.6 Å². The van der Waals surface area contributed by atoms with Gasteiger partial charge in [0.15, 0.2) is 0 Å². The highest BCUT2D eigenvalue weighted by Crippen LogP contribution is 2.25. The smallest absolute Gasteiger partial charge is 0.244 e. The van der Waals surface area contributed by atoms with Crippen molar-refractivity contribution in [3.63, 3.8) is 0 Å². The first-order valence-corrected chi connectivity index (χ1v) is 8.64. The molecule has 0 aliphatic heterocycles. The van der Waals surface area contributed by atoms with Gasteiger partial charge in [0.1, 0.15) is 0 Å². The molecule has 0 saturated heterocycles. The topological polar surface area (TPSA) is 50.3 Å². The maximum Gasteiger partial charge on any atom is 0.244 e. The van der Waals surface area contributed by atoms with Gasteiger partial charge < -0.3 is 0 Å². The summed E-state index contributed by atoms with van der Waals surface area (Å²) in [5.41, 5.74) is 2.60. The van der Waals surface area contributed by atoms with E-state index < -0.39 is 10.0 Å². The van der Waals surface area contributed by atoms with Gasteiger partial charge in [0.2, 0.25) is 10.0 Å². The van der Waals surface area contributed by atoms with E-state index in [0.29, 0.717) is 11.0 Å². The average molecular weight is 361 g/mol. The van der Waals surface area contributed by atoms with Crippen molar-refractivity contribution in [2.75, 3.05) is 7.05 Å². The molecule has 0 spiro atoms. The molecule has 1 heterocycles. The lowest BCUT2D eigenvalue weighted by atomic mass is 10.4. The van der Waals surface area contributed by atoms with Gasteiger partial charge in [0.05, 0.1) is 16.1 Å². The SMILES string of the molecule is Cc1ncsc1CN(C)S(=O)(=O)c1ccccc1Br. The van der Waals surface area contributed by atoms with Crippen molar-refractivity contribution in [3.8, 4) is 0 Å². The first kappa shape index (κ1) is 14.6. The first-order valence-electron chi connectivity index (χ1n) is 5.52. The fourth-order valence-electron chi connectivity index (χ4n) is 1.59. The Morgan fingerprint density at radius 2 is 2.05 bits per heavy atom. The summed E-state index contributed by atoms with van der Waals surface area (Å²) in [6.45, 7) is 2.21. The highest BCUT2D eigenvalue weighted by Gasteiger charge is 2.23. The minimum atomic E-state index is -3.50. The van der Waals surface area contributed by atoms with Crippen LogP contribution in [0.5, 0.6) is 0 Å². The number of thiazole rings is 1. The first-order chi connectivity index (χ1) is 8.93. The fourth-order valence-corrected chi connectivity index (χ4v) is 4.60. The van der Waals surface area contributed by atoms with Gasteiger partial charge in [-0.25, -0.2) is 13.4 Å². The van der Waals surface area contributed by atoms with Gasteiger partial charge in [-0.15, -0.1) is 11.3 Å². The molecule has 2 aromatic rings. The Kier molecular flexibility index (Phi) is 4.39. The molecule has 0 atom stereocenters. The second kappa shape index (κ2) is 5.70. The third kappa shape index (κ3) is 3.05. The molecule has 0 amide bonds. The number of halogens is 1. The molecule has 7 heteroatoms. The summed E-state index contributed by atoms with van der Waals surface area (Å²) in [6, 6.07) is 6.81. The van der Waals surface area contributed by atoms with Crippen LogP contribution in [0.1, 0.15) is 10.6 Å². The summed E-state index contributed by atoms with van der Waals surface area (Å²) < 4.78 is 26.9. The number of hydrogen-bond donors (Lipinski definition) is 0. The maximum atomic E-state index is 12.5. The van der Waals surface area contributed by atoms with Crippen LogP contribution < -0.4 is 0 Å². The monoisotopic (exact) mass is 360 g/mol. The van der Waals surface area contributed by atoms with Gasteiger partial charge in [0, 0.05) is 22.9 Å². The number of aryl methyl sites for hydroxylation is 1. The predicted molar refractivity (Wildman–Crippen MR) is 79.6 cm³/mol. The average Bonchev–Trinajstić information content (AvgIpc) is 2.75. The molecule has 0 aliphatic rings. The van der Waals surface area contributed by atoms with Crippen molar-refractivity contribution in [1.29, 1.82) is 0 Å². The van der Waals surface area contributed by atoms with Gasteiger partial charge in [-0.1, -0.05) is 12.1 Å². The summed E-state index contributed by atoms with van der Waals surface area (Å²) in [5.74, 6) is 0. The van der Waals surface area contributed by atoms with Crippen LogP contribution in [0.2, 0.25) is 0 Å². The Balaban J connectivity index is 2.30. The molecule has 2 rings (SSSR count). The number of benzene rings is 1. The lowest BCUT2D eigenvalue weighted by Crippen LogP contribution is -2.26. The summed E-state index contributed by atoms with van der Waals surface area (Å²) in [7, 11) is -1.92. The van der Waals surface area contributed by atoms with Crippen LogP contribution >= 0.6 is 27.3 Å². The van der Waals surface area contributed by atoms with Gasteiger partial charge in [-0.3, -0.25) is 0 Å². The Labute approximate surface area is 125 Å². The quantitative estimate of drug-likeness (QED) is 0.841. The second-order valence-corrected chi connectivity index (χ2v) is 7.86. The third-order valence-electron chi connectivity index (χ3n) is 2.74. The zero-order valence-corrected chi connectivity index (χ0v) is 13.7. The van der Waals surface area contributed by atoms with E-state index in [9.17, 15) is 8.42 Å². The van der Waals surface area contributed by atoms with Crippen LogP contribution in [0, 0.1) is 6.92 Å². The summed E-state index contributed by atoms with van der Waals surface area (Å²) in [6.07, 6.45) is 0. The van der Waals surface area contributed by atoms with Crippen LogP contribution in [-0.4, -0.2) is 24.8 Å². The number of sulfonamides is 1. The van der Waals surface area contributed by atoms with Crippen LogP contribution in [0.4, 0.5) is 0 Å². The van der Waals surface area contributed by atoms with E-state index in [1.807, 2.05) is 6.92 Å². The third-order valence-corrected chi connectivity index (χ3v) is 6.47. The molecule has 1 aromatic heterocycles. The van der Waals surface area contributed by atoms with E-state index >= 15 is 0 Å². The largest absolute Gasteiger partial charge is 0.250 e. The standard InChI is InChI=1S/C12H13BrN2O2S2/c1-9-11(18-8-14-9)7-15(2)19(16,17)12-6-4-3-5-10(12)13/h3-6,8H,7H2,1-2H3. The van der Waals surface area contributed by atoms with Crippen molar-refractivity contribution < 1.29 is 8.42 Å². The Hall–Kier alpha value is -0.760. The number of aromatic nitrogens is 1. The molecule has 0 unspecified atom stereocenters. The highest BCUT2D eigenvalue weighted by molar-refractivity contribution is 9.10. The van der Waals surface area contributed by atoms with E-state index in [1.54, 1.807) is 36.8 Å². The van der Waals surface area contributed by atoms with Gasteiger partial charge in [-0.2, -0.15) is 4.31 Å². The van der Waals surface area contributed by atoms with Crippen LogP contribution in [-0.2, 0) is 16.6 Å². The minimum absolute atomic E-state index is 0.277. The maximum absolute atomic E-state index is 12.5. The normalized spacial score (nSPS) is 12.0. The van der Waals surface area contributed by atoms with Crippen LogP contribution in [0.15, 0.2) is 39.1 Å². The van der Waals surface area contributed by atoms with Crippen molar-refractivity contribution in [3.05, 3.63) is 44.8 Å².